The minimum Gasteiger partial charge on any atom is -0.330 e. The fourth-order valence-corrected chi connectivity index (χ4v) is 3.60. The highest BCUT2D eigenvalue weighted by Crippen LogP contribution is 2.26. The predicted octanol–water partition coefficient (Wildman–Crippen LogP) is 2.70. The van der Waals surface area contributed by atoms with Crippen molar-refractivity contribution in [3.63, 3.8) is 0 Å². The quantitative estimate of drug-likeness (QED) is 0.899. The van der Waals surface area contributed by atoms with Crippen molar-refractivity contribution in [3.05, 3.63) is 34.9 Å². The lowest BCUT2D eigenvalue weighted by Gasteiger charge is -2.24. The van der Waals surface area contributed by atoms with Crippen LogP contribution in [0.4, 0.5) is 0 Å². The monoisotopic (exact) mass is 258 g/mol. The second-order valence-corrected chi connectivity index (χ2v) is 6.18. The number of aryl methyl sites for hydroxylation is 2. The second-order valence-electron chi connectivity index (χ2n) is 6.18. The Bertz CT molecular complexity index is 421. The van der Waals surface area contributed by atoms with Crippen molar-refractivity contribution < 1.29 is 0 Å². The van der Waals surface area contributed by atoms with Gasteiger partial charge in [-0.2, -0.15) is 0 Å². The zero-order valence-electron chi connectivity index (χ0n) is 11.9. The first kappa shape index (κ1) is 13.1. The van der Waals surface area contributed by atoms with E-state index in [1.165, 1.54) is 57.2 Å². The van der Waals surface area contributed by atoms with Gasteiger partial charge in [0.05, 0.1) is 0 Å². The van der Waals surface area contributed by atoms with Gasteiger partial charge < -0.3 is 10.6 Å². The van der Waals surface area contributed by atoms with Crippen molar-refractivity contribution in [2.24, 2.45) is 5.73 Å². The molecule has 0 spiro atoms. The Kier molecular flexibility index (Phi) is 4.19. The van der Waals surface area contributed by atoms with E-state index in [0.717, 1.165) is 13.1 Å². The van der Waals surface area contributed by atoms with E-state index in [4.69, 9.17) is 5.73 Å². The molecule has 19 heavy (non-hydrogen) atoms. The van der Waals surface area contributed by atoms with Gasteiger partial charge in [0.1, 0.15) is 0 Å². The third-order valence-electron chi connectivity index (χ3n) is 4.81. The molecule has 1 aliphatic heterocycles. The molecule has 104 valence electrons. The molecular formula is C17H26N2. The zero-order valence-corrected chi connectivity index (χ0v) is 11.9. The molecule has 1 aromatic rings. The summed E-state index contributed by atoms with van der Waals surface area (Å²) in [6.45, 7) is 4.45. The molecule has 0 bridgehead atoms. The Morgan fingerprint density at radius 3 is 2.47 bits per heavy atom. The van der Waals surface area contributed by atoms with Crippen LogP contribution >= 0.6 is 0 Å². The molecule has 1 fully saturated rings. The van der Waals surface area contributed by atoms with Crippen molar-refractivity contribution in [2.75, 3.05) is 26.2 Å². The first-order chi connectivity index (χ1) is 9.36. The minimum absolute atomic E-state index is 0.519. The van der Waals surface area contributed by atoms with E-state index in [1.54, 1.807) is 11.1 Å². The Morgan fingerprint density at radius 2 is 1.74 bits per heavy atom. The maximum Gasteiger partial charge on any atom is 0.00889 e. The molecule has 1 unspecified atom stereocenters. The molecule has 2 N–H and O–H groups in total. The third kappa shape index (κ3) is 3.01. The molecule has 0 amide bonds. The molecule has 1 heterocycles. The van der Waals surface area contributed by atoms with Gasteiger partial charge in [0.15, 0.2) is 0 Å². The Hall–Kier alpha value is -0.860. The average molecular weight is 258 g/mol. The normalized spacial score (nSPS) is 21.3. The maximum absolute atomic E-state index is 6.03. The zero-order chi connectivity index (χ0) is 13.1. The fraction of sp³-hybridized carbons (Fsp3) is 0.647. The lowest BCUT2D eigenvalue weighted by atomic mass is 9.87. The van der Waals surface area contributed by atoms with Crippen LogP contribution in [0.25, 0.3) is 0 Å². The number of fused-ring (bicyclic) bond motifs is 1. The van der Waals surface area contributed by atoms with Gasteiger partial charge in [0.2, 0.25) is 0 Å². The van der Waals surface area contributed by atoms with Crippen molar-refractivity contribution >= 4 is 0 Å². The van der Waals surface area contributed by atoms with Crippen LogP contribution in [0.2, 0.25) is 0 Å². The fourth-order valence-electron chi connectivity index (χ4n) is 3.60. The van der Waals surface area contributed by atoms with Gasteiger partial charge in [-0.15, -0.1) is 0 Å². The summed E-state index contributed by atoms with van der Waals surface area (Å²) >= 11 is 0. The van der Waals surface area contributed by atoms with Crippen molar-refractivity contribution in [1.29, 1.82) is 0 Å². The molecule has 1 aliphatic carbocycles. The van der Waals surface area contributed by atoms with Crippen LogP contribution in [0, 0.1) is 0 Å². The summed E-state index contributed by atoms with van der Waals surface area (Å²) in [4.78, 5) is 2.58. The van der Waals surface area contributed by atoms with Crippen LogP contribution in [0.1, 0.15) is 48.3 Å². The maximum atomic E-state index is 6.03. The van der Waals surface area contributed by atoms with Crippen molar-refractivity contribution in [1.82, 2.24) is 4.90 Å². The molecular weight excluding hydrogens is 232 g/mol. The lowest BCUT2D eigenvalue weighted by molar-refractivity contribution is 0.315. The average Bonchev–Trinajstić information content (AvgIpc) is 2.97. The van der Waals surface area contributed by atoms with E-state index < -0.39 is 0 Å². The van der Waals surface area contributed by atoms with E-state index in [1.807, 2.05) is 0 Å². The Balaban J connectivity index is 1.74. The van der Waals surface area contributed by atoms with Gasteiger partial charge in [-0.05, 0) is 68.3 Å². The number of hydrogen-bond acceptors (Lipinski definition) is 2. The van der Waals surface area contributed by atoms with Gasteiger partial charge in [0.25, 0.3) is 0 Å². The number of benzene rings is 1. The van der Waals surface area contributed by atoms with Crippen LogP contribution in [-0.2, 0) is 12.8 Å². The van der Waals surface area contributed by atoms with Gasteiger partial charge >= 0.3 is 0 Å². The van der Waals surface area contributed by atoms with E-state index >= 15 is 0 Å². The summed E-state index contributed by atoms with van der Waals surface area (Å²) in [6, 6.07) is 7.14. The Labute approximate surface area is 117 Å². The molecule has 2 nitrogen and oxygen atoms in total. The number of rotatable bonds is 4. The highest BCUT2D eigenvalue weighted by atomic mass is 15.1. The van der Waals surface area contributed by atoms with Crippen LogP contribution < -0.4 is 5.73 Å². The van der Waals surface area contributed by atoms with Crippen molar-refractivity contribution in [2.45, 2.75) is 44.4 Å². The number of hydrogen-bond donors (Lipinski definition) is 1. The first-order valence-corrected chi connectivity index (χ1v) is 7.91. The number of likely N-dealkylation sites (tertiary alicyclic amines) is 1. The number of nitrogens with two attached hydrogens (primary N) is 1. The van der Waals surface area contributed by atoms with Gasteiger partial charge in [-0.1, -0.05) is 18.2 Å². The van der Waals surface area contributed by atoms with Crippen LogP contribution in [0.5, 0.6) is 0 Å². The lowest BCUT2D eigenvalue weighted by Crippen LogP contribution is -2.29. The van der Waals surface area contributed by atoms with E-state index in [9.17, 15) is 0 Å². The first-order valence-electron chi connectivity index (χ1n) is 7.91. The van der Waals surface area contributed by atoms with Gasteiger partial charge in [-0.3, -0.25) is 0 Å². The van der Waals surface area contributed by atoms with Gasteiger partial charge in [-0.25, -0.2) is 0 Å². The molecule has 2 aliphatic rings. The van der Waals surface area contributed by atoms with Crippen LogP contribution in [-0.4, -0.2) is 31.1 Å². The molecule has 2 heteroatoms. The van der Waals surface area contributed by atoms with Gasteiger partial charge in [0, 0.05) is 19.0 Å². The van der Waals surface area contributed by atoms with E-state index in [2.05, 4.69) is 23.1 Å². The molecule has 1 aromatic carbocycles. The number of nitrogens with zero attached hydrogens (tertiary/aromatic N) is 1. The molecule has 1 atom stereocenters. The highest BCUT2D eigenvalue weighted by molar-refractivity contribution is 5.35. The standard InChI is InChI=1S/C17H26N2/c18-12-17(13-19-9-3-4-10-19)16-8-7-14-5-1-2-6-15(14)11-16/h7-8,11,17H,1-6,9-10,12-13,18H2. The predicted molar refractivity (Wildman–Crippen MR) is 80.6 cm³/mol. The van der Waals surface area contributed by atoms with Crippen LogP contribution in [0.15, 0.2) is 18.2 Å². The molecule has 0 radical (unpaired) electrons. The molecule has 0 aromatic heterocycles. The summed E-state index contributed by atoms with van der Waals surface area (Å²) in [5.41, 5.74) is 10.7. The smallest absolute Gasteiger partial charge is 0.00889 e. The summed E-state index contributed by atoms with van der Waals surface area (Å²) in [5.74, 6) is 0.519. The van der Waals surface area contributed by atoms with Crippen molar-refractivity contribution in [3.8, 4) is 0 Å². The molecule has 0 saturated carbocycles. The summed E-state index contributed by atoms with van der Waals surface area (Å²) in [6.07, 6.45) is 7.98. The SMILES string of the molecule is NCC(CN1CCCC1)c1ccc2c(c1)CCCC2. The minimum atomic E-state index is 0.519. The van der Waals surface area contributed by atoms with E-state index in [0.29, 0.717) is 5.92 Å². The Morgan fingerprint density at radius 1 is 1.00 bits per heavy atom. The summed E-state index contributed by atoms with van der Waals surface area (Å²) in [5, 5.41) is 0. The third-order valence-corrected chi connectivity index (χ3v) is 4.81. The molecule has 3 rings (SSSR count). The molecule has 1 saturated heterocycles. The van der Waals surface area contributed by atoms with E-state index in [-0.39, 0.29) is 0 Å². The van der Waals surface area contributed by atoms with Crippen LogP contribution in [0.3, 0.4) is 0 Å². The second kappa shape index (κ2) is 6.06. The topological polar surface area (TPSA) is 29.3 Å². The summed E-state index contributed by atoms with van der Waals surface area (Å²) in [7, 11) is 0. The highest BCUT2D eigenvalue weighted by Gasteiger charge is 2.19. The largest absolute Gasteiger partial charge is 0.330 e. The summed E-state index contributed by atoms with van der Waals surface area (Å²) < 4.78 is 0.